The normalized spacial score (nSPS) is 34.2. The minimum absolute atomic E-state index is 0.117. The molecule has 23 heavy (non-hydrogen) atoms. The lowest BCUT2D eigenvalue weighted by molar-refractivity contribution is -0.0772. The molecule has 0 amide bonds. The number of ether oxygens (including phenoxy) is 1. The lowest BCUT2D eigenvalue weighted by atomic mass is 9.76. The first kappa shape index (κ1) is 14.8. The van der Waals surface area contributed by atoms with Gasteiger partial charge in [-0.2, -0.15) is 0 Å². The molecular formula is C17H20FN3O2. The first-order chi connectivity index (χ1) is 10.9. The molecule has 1 aromatic heterocycles. The van der Waals surface area contributed by atoms with E-state index in [4.69, 9.17) is 4.74 Å². The summed E-state index contributed by atoms with van der Waals surface area (Å²) in [5.74, 6) is 0.254. The summed E-state index contributed by atoms with van der Waals surface area (Å²) in [5.41, 5.74) is -0.775. The second-order valence-corrected chi connectivity index (χ2v) is 7.34. The molecule has 2 aliphatic heterocycles. The third-order valence-electron chi connectivity index (χ3n) is 5.30. The number of rotatable bonds is 3. The van der Waals surface area contributed by atoms with Crippen LogP contribution in [0.15, 0.2) is 24.3 Å². The van der Waals surface area contributed by atoms with Gasteiger partial charge in [-0.25, -0.2) is 14.1 Å². The molecular weight excluding hydrogens is 297 g/mol. The van der Waals surface area contributed by atoms with Gasteiger partial charge in [0.25, 0.3) is 0 Å². The highest BCUT2D eigenvalue weighted by atomic mass is 19.1. The molecule has 0 spiro atoms. The van der Waals surface area contributed by atoms with Crippen LogP contribution in [0.3, 0.4) is 0 Å². The maximum absolute atomic E-state index is 14.5. The Morgan fingerprint density at radius 1 is 1.39 bits per heavy atom. The number of aromatic nitrogens is 3. The number of hydrogen-bond acceptors (Lipinski definition) is 4. The van der Waals surface area contributed by atoms with Crippen molar-refractivity contribution in [3.63, 3.8) is 0 Å². The Labute approximate surface area is 134 Å². The smallest absolute Gasteiger partial charge is 0.218 e. The summed E-state index contributed by atoms with van der Waals surface area (Å²) in [6, 6.07) is -0.117. The van der Waals surface area contributed by atoms with Crippen LogP contribution in [-0.4, -0.2) is 33.8 Å². The minimum atomic E-state index is -1.17. The van der Waals surface area contributed by atoms with Gasteiger partial charge in [0.15, 0.2) is 12.0 Å². The fraction of sp³-hybridized carbons (Fsp3) is 0.588. The van der Waals surface area contributed by atoms with E-state index < -0.39 is 11.6 Å². The molecule has 5 nitrogen and oxygen atoms in total. The Morgan fingerprint density at radius 2 is 2.17 bits per heavy atom. The molecule has 122 valence electrons. The zero-order valence-corrected chi connectivity index (χ0v) is 13.3. The summed E-state index contributed by atoms with van der Waals surface area (Å²) >= 11 is 0. The van der Waals surface area contributed by atoms with E-state index in [0.29, 0.717) is 19.6 Å². The van der Waals surface area contributed by atoms with Crippen molar-refractivity contribution < 1.29 is 13.9 Å². The first-order valence-corrected chi connectivity index (χ1v) is 8.00. The topological polar surface area (TPSA) is 57.0 Å². The number of alkyl halides is 1. The van der Waals surface area contributed by atoms with Crippen LogP contribution in [0.25, 0.3) is 0 Å². The monoisotopic (exact) mass is 317 g/mol. The number of fused-ring (bicyclic) bond motifs is 1. The molecule has 3 atom stereocenters. The van der Waals surface area contributed by atoms with E-state index in [1.54, 1.807) is 4.68 Å². The molecule has 3 aliphatic rings. The van der Waals surface area contributed by atoms with Crippen molar-refractivity contribution in [3.05, 3.63) is 36.0 Å². The molecule has 1 aromatic rings. The van der Waals surface area contributed by atoms with Crippen LogP contribution in [0.4, 0.5) is 4.39 Å². The maximum Gasteiger partial charge on any atom is 0.218 e. The summed E-state index contributed by atoms with van der Waals surface area (Å²) in [6.07, 6.45) is 8.19. The lowest BCUT2D eigenvalue weighted by Gasteiger charge is -2.35. The van der Waals surface area contributed by atoms with Crippen LogP contribution in [0, 0.1) is 10.8 Å². The van der Waals surface area contributed by atoms with Gasteiger partial charge in [0.05, 0.1) is 24.7 Å². The van der Waals surface area contributed by atoms with E-state index in [1.807, 2.05) is 19.1 Å². The molecule has 1 aliphatic carbocycles. The van der Waals surface area contributed by atoms with Crippen molar-refractivity contribution in [1.82, 2.24) is 14.8 Å². The Bertz CT molecular complexity index is 719. The van der Waals surface area contributed by atoms with Gasteiger partial charge in [-0.1, -0.05) is 31.2 Å². The van der Waals surface area contributed by atoms with Crippen molar-refractivity contribution >= 4 is 5.78 Å². The molecule has 1 fully saturated rings. The predicted octanol–water partition coefficient (Wildman–Crippen LogP) is 2.98. The number of ketones is 1. The quantitative estimate of drug-likeness (QED) is 0.804. The average Bonchev–Trinajstić information content (AvgIpc) is 3.06. The summed E-state index contributed by atoms with van der Waals surface area (Å²) < 4.78 is 21.2. The Hall–Kier alpha value is -1.82. The highest BCUT2D eigenvalue weighted by Gasteiger charge is 2.47. The SMILES string of the molecule is CC1(C(=O)c2nc3n(n2)[C@H](C2(C)C=CC=CC2)C[C@@H]3F)COC1. The van der Waals surface area contributed by atoms with Gasteiger partial charge in [0, 0.05) is 11.8 Å². The first-order valence-electron chi connectivity index (χ1n) is 8.00. The fourth-order valence-electron chi connectivity index (χ4n) is 3.62. The molecule has 0 bridgehead atoms. The van der Waals surface area contributed by atoms with Gasteiger partial charge in [0.1, 0.15) is 0 Å². The number of hydrogen-bond donors (Lipinski definition) is 0. The van der Waals surface area contributed by atoms with Crippen molar-refractivity contribution in [1.29, 1.82) is 0 Å². The van der Waals surface area contributed by atoms with Gasteiger partial charge in [-0.15, -0.1) is 5.10 Å². The van der Waals surface area contributed by atoms with Crippen molar-refractivity contribution in [2.45, 2.75) is 38.9 Å². The number of halogens is 1. The highest BCUT2D eigenvalue weighted by Crippen LogP contribution is 2.49. The molecule has 0 radical (unpaired) electrons. The third kappa shape index (κ3) is 2.11. The third-order valence-corrected chi connectivity index (χ3v) is 5.30. The summed E-state index contributed by atoms with van der Waals surface area (Å²) in [7, 11) is 0. The second-order valence-electron chi connectivity index (χ2n) is 7.34. The summed E-state index contributed by atoms with van der Waals surface area (Å²) in [4.78, 5) is 16.8. The Balaban J connectivity index is 1.68. The van der Waals surface area contributed by atoms with Crippen molar-refractivity contribution in [3.8, 4) is 0 Å². The number of carbonyl (C=O) groups is 1. The minimum Gasteiger partial charge on any atom is -0.379 e. The Morgan fingerprint density at radius 3 is 2.78 bits per heavy atom. The van der Waals surface area contributed by atoms with Gasteiger partial charge in [0.2, 0.25) is 11.6 Å². The van der Waals surface area contributed by atoms with Crippen LogP contribution < -0.4 is 0 Å². The summed E-state index contributed by atoms with van der Waals surface area (Å²) in [6.45, 7) is 4.70. The van der Waals surface area contributed by atoms with E-state index in [1.165, 1.54) is 0 Å². The van der Waals surface area contributed by atoms with Crippen LogP contribution in [0.2, 0.25) is 0 Å². The molecule has 3 heterocycles. The Kier molecular flexibility index (Phi) is 3.10. The van der Waals surface area contributed by atoms with Gasteiger partial charge >= 0.3 is 0 Å². The molecule has 1 saturated heterocycles. The standard InChI is InChI=1S/C17H20FN3O2/c1-16(6-4-3-5-7-16)12-8-11(18)15-19-14(20-21(12)15)13(22)17(2)9-23-10-17/h3-6,11-12H,7-10H2,1-2H3/t11-,12-,16?/m0/s1. The number of Topliss-reactive ketones (excluding diaryl/α,β-unsaturated/α-hetero) is 1. The molecule has 4 rings (SSSR count). The van der Waals surface area contributed by atoms with Gasteiger partial charge in [-0.05, 0) is 13.3 Å². The van der Waals surface area contributed by atoms with Gasteiger partial charge < -0.3 is 4.74 Å². The lowest BCUT2D eigenvalue weighted by Crippen LogP contribution is -2.47. The zero-order chi connectivity index (χ0) is 16.2. The van der Waals surface area contributed by atoms with Crippen LogP contribution in [0.5, 0.6) is 0 Å². The van der Waals surface area contributed by atoms with E-state index in [9.17, 15) is 9.18 Å². The van der Waals surface area contributed by atoms with Crippen LogP contribution in [-0.2, 0) is 4.74 Å². The van der Waals surface area contributed by atoms with E-state index in [-0.39, 0.29) is 28.9 Å². The van der Waals surface area contributed by atoms with E-state index in [0.717, 1.165) is 6.42 Å². The van der Waals surface area contributed by atoms with Crippen molar-refractivity contribution in [2.24, 2.45) is 10.8 Å². The van der Waals surface area contributed by atoms with Crippen LogP contribution in [0.1, 0.15) is 55.3 Å². The molecule has 6 heteroatoms. The predicted molar refractivity (Wildman–Crippen MR) is 81.8 cm³/mol. The average molecular weight is 317 g/mol. The maximum atomic E-state index is 14.5. The van der Waals surface area contributed by atoms with Gasteiger partial charge in [-0.3, -0.25) is 4.79 Å². The van der Waals surface area contributed by atoms with E-state index in [2.05, 4.69) is 29.2 Å². The van der Waals surface area contributed by atoms with Crippen molar-refractivity contribution in [2.75, 3.05) is 13.2 Å². The summed E-state index contributed by atoms with van der Waals surface area (Å²) in [5, 5.41) is 4.39. The highest BCUT2D eigenvalue weighted by molar-refractivity contribution is 5.97. The zero-order valence-electron chi connectivity index (χ0n) is 13.3. The molecule has 0 aromatic carbocycles. The molecule has 1 unspecified atom stereocenters. The fourth-order valence-corrected chi connectivity index (χ4v) is 3.62. The molecule has 0 saturated carbocycles. The molecule has 0 N–H and O–H groups in total. The van der Waals surface area contributed by atoms with E-state index >= 15 is 0 Å². The largest absolute Gasteiger partial charge is 0.379 e. The number of nitrogens with zero attached hydrogens (tertiary/aromatic N) is 3. The second kappa shape index (κ2) is 4.84. The number of allylic oxidation sites excluding steroid dienone is 4. The van der Waals surface area contributed by atoms with Crippen LogP contribution >= 0.6 is 0 Å². The number of carbonyl (C=O) groups excluding carboxylic acids is 1.